The zero-order valence-electron chi connectivity index (χ0n) is 11.1. The second-order valence-corrected chi connectivity index (χ2v) is 4.04. The maximum atomic E-state index is 5.64. The maximum absolute atomic E-state index is 5.64. The Morgan fingerprint density at radius 3 is 2.86 bits per heavy atom. The number of nitrogen functional groups attached to an aromatic ring is 1. The molecule has 0 aliphatic heterocycles. The number of hydrogen-bond acceptors (Lipinski definition) is 8. The molecule has 0 fully saturated rings. The molecule has 3 aromatic heterocycles. The third kappa shape index (κ3) is 2.77. The van der Waals surface area contributed by atoms with Gasteiger partial charge in [0.25, 0.3) is 0 Å². The summed E-state index contributed by atoms with van der Waals surface area (Å²) < 4.78 is 7.25. The fourth-order valence-corrected chi connectivity index (χ4v) is 1.62. The summed E-state index contributed by atoms with van der Waals surface area (Å²) in [5.41, 5.74) is 3.10. The molecule has 0 aliphatic carbocycles. The van der Waals surface area contributed by atoms with Crippen molar-refractivity contribution in [2.24, 2.45) is 5.84 Å². The summed E-state index contributed by atoms with van der Waals surface area (Å²) in [7, 11) is 0. The van der Waals surface area contributed by atoms with Crippen molar-refractivity contribution in [1.29, 1.82) is 0 Å². The van der Waals surface area contributed by atoms with Gasteiger partial charge < -0.3 is 4.74 Å². The van der Waals surface area contributed by atoms with Crippen LogP contribution in [0.5, 0.6) is 11.8 Å². The molecule has 0 saturated heterocycles. The summed E-state index contributed by atoms with van der Waals surface area (Å²) in [6.07, 6.45) is 6.56. The number of pyridine rings is 1. The Kier molecular flexibility index (Phi) is 3.39. The third-order valence-corrected chi connectivity index (χ3v) is 2.63. The van der Waals surface area contributed by atoms with Crippen molar-refractivity contribution in [2.45, 2.75) is 6.92 Å². The van der Waals surface area contributed by atoms with Gasteiger partial charge in [-0.2, -0.15) is 15.0 Å². The minimum Gasteiger partial charge on any atom is -0.422 e. The van der Waals surface area contributed by atoms with Crippen molar-refractivity contribution in [3.8, 4) is 17.7 Å². The van der Waals surface area contributed by atoms with Crippen molar-refractivity contribution >= 4 is 5.95 Å². The topological polar surface area (TPSA) is 117 Å². The summed E-state index contributed by atoms with van der Waals surface area (Å²) in [4.78, 5) is 20.5. The third-order valence-electron chi connectivity index (χ3n) is 2.63. The number of hydrogen-bond donors (Lipinski definition) is 2. The minimum atomic E-state index is 0.109. The summed E-state index contributed by atoms with van der Waals surface area (Å²) in [6, 6.07) is 3.65. The van der Waals surface area contributed by atoms with Crippen LogP contribution >= 0.6 is 0 Å². The van der Waals surface area contributed by atoms with Crippen LogP contribution in [0.2, 0.25) is 0 Å². The fourth-order valence-electron chi connectivity index (χ4n) is 1.62. The predicted octanol–water partition coefficient (Wildman–Crippen LogP) is 0.839. The first-order valence-corrected chi connectivity index (χ1v) is 6.07. The molecule has 0 radical (unpaired) electrons. The van der Waals surface area contributed by atoms with E-state index >= 15 is 0 Å². The van der Waals surface area contributed by atoms with E-state index in [4.69, 9.17) is 10.6 Å². The van der Waals surface area contributed by atoms with Gasteiger partial charge in [-0.3, -0.25) is 15.0 Å². The number of ether oxygens (including phenoxy) is 1. The van der Waals surface area contributed by atoms with Gasteiger partial charge in [-0.15, -0.1) is 0 Å². The lowest BCUT2D eigenvalue weighted by atomic mass is 10.3. The van der Waals surface area contributed by atoms with Gasteiger partial charge in [-0.25, -0.2) is 10.8 Å². The molecule has 3 aromatic rings. The first kappa shape index (κ1) is 12.9. The number of nitrogens with one attached hydrogen (secondary N) is 1. The van der Waals surface area contributed by atoms with E-state index in [1.807, 2.05) is 6.92 Å². The van der Waals surface area contributed by atoms with E-state index in [1.165, 1.54) is 0 Å². The molecule has 0 atom stereocenters. The van der Waals surface area contributed by atoms with Crippen LogP contribution in [0.3, 0.4) is 0 Å². The van der Waals surface area contributed by atoms with E-state index in [0.29, 0.717) is 11.7 Å². The number of anilines is 1. The molecule has 0 spiro atoms. The average molecular weight is 284 g/mol. The number of nitrogens with two attached hydrogens (primary N) is 1. The molecule has 3 rings (SSSR count). The van der Waals surface area contributed by atoms with E-state index in [2.05, 4.69) is 30.3 Å². The van der Waals surface area contributed by atoms with Crippen LogP contribution in [0.25, 0.3) is 5.95 Å². The molecule has 21 heavy (non-hydrogen) atoms. The van der Waals surface area contributed by atoms with Gasteiger partial charge in [0.1, 0.15) is 6.33 Å². The predicted molar refractivity (Wildman–Crippen MR) is 73.8 cm³/mol. The lowest BCUT2D eigenvalue weighted by Gasteiger charge is -2.08. The fraction of sp³-hybridized carbons (Fsp3) is 0.0833. The maximum Gasteiger partial charge on any atom is 0.328 e. The highest BCUT2D eigenvalue weighted by molar-refractivity contribution is 5.32. The van der Waals surface area contributed by atoms with Gasteiger partial charge in [0.2, 0.25) is 11.9 Å². The number of hydrazine groups is 1. The first-order chi connectivity index (χ1) is 10.3. The van der Waals surface area contributed by atoms with E-state index < -0.39 is 0 Å². The molecule has 0 unspecified atom stereocenters. The normalized spacial score (nSPS) is 10.4. The molecule has 3 heterocycles. The van der Waals surface area contributed by atoms with Gasteiger partial charge in [-0.05, 0) is 19.1 Å². The SMILES string of the molecule is Cc1ncccc1Oc1nc(NN)nc(-n2ccnc2)n1. The smallest absolute Gasteiger partial charge is 0.328 e. The number of nitrogens with zero attached hydrogens (tertiary/aromatic N) is 6. The van der Waals surface area contributed by atoms with Crippen LogP contribution in [0, 0.1) is 6.92 Å². The number of imidazole rings is 1. The summed E-state index contributed by atoms with van der Waals surface area (Å²) in [5, 5.41) is 0. The molecule has 0 saturated carbocycles. The largest absolute Gasteiger partial charge is 0.422 e. The van der Waals surface area contributed by atoms with Crippen molar-refractivity contribution in [3.63, 3.8) is 0 Å². The Bertz CT molecular complexity index is 743. The quantitative estimate of drug-likeness (QED) is 0.534. The molecular formula is C12H12N8O. The van der Waals surface area contributed by atoms with Gasteiger partial charge in [-0.1, -0.05) is 0 Å². The zero-order valence-corrected chi connectivity index (χ0v) is 11.1. The highest BCUT2D eigenvalue weighted by Gasteiger charge is 2.10. The minimum absolute atomic E-state index is 0.109. The lowest BCUT2D eigenvalue weighted by Crippen LogP contribution is -2.14. The average Bonchev–Trinajstić information content (AvgIpc) is 3.04. The standard InChI is InChI=1S/C12H12N8O/c1-8-9(3-2-4-15-8)21-12-17-10(19-13)16-11(18-12)20-6-5-14-7-20/h2-7H,13H2,1H3,(H,16,17,18,19). The van der Waals surface area contributed by atoms with Crippen molar-refractivity contribution in [2.75, 3.05) is 5.43 Å². The molecule has 9 heteroatoms. The number of aromatic nitrogens is 6. The molecule has 106 valence electrons. The highest BCUT2D eigenvalue weighted by atomic mass is 16.5. The Labute approximate surface area is 119 Å². The Balaban J connectivity index is 1.99. The summed E-state index contributed by atoms with van der Waals surface area (Å²) in [6.45, 7) is 1.83. The summed E-state index contributed by atoms with van der Waals surface area (Å²) >= 11 is 0. The highest BCUT2D eigenvalue weighted by Crippen LogP contribution is 2.21. The van der Waals surface area contributed by atoms with E-state index in [0.717, 1.165) is 5.69 Å². The van der Waals surface area contributed by atoms with Crippen LogP contribution in [-0.4, -0.2) is 29.5 Å². The van der Waals surface area contributed by atoms with Gasteiger partial charge in [0, 0.05) is 18.6 Å². The molecule has 0 amide bonds. The van der Waals surface area contributed by atoms with Crippen LogP contribution in [0.15, 0.2) is 37.1 Å². The lowest BCUT2D eigenvalue weighted by molar-refractivity contribution is 0.433. The first-order valence-electron chi connectivity index (χ1n) is 6.07. The molecule has 3 N–H and O–H groups in total. The zero-order chi connectivity index (χ0) is 14.7. The molecule has 0 aromatic carbocycles. The molecular weight excluding hydrogens is 272 g/mol. The van der Waals surface area contributed by atoms with Crippen molar-refractivity contribution in [1.82, 2.24) is 29.5 Å². The van der Waals surface area contributed by atoms with E-state index in [1.54, 1.807) is 41.6 Å². The second kappa shape index (κ2) is 5.51. The van der Waals surface area contributed by atoms with Crippen molar-refractivity contribution < 1.29 is 4.74 Å². The molecule has 0 bridgehead atoms. The number of rotatable bonds is 4. The van der Waals surface area contributed by atoms with Crippen LogP contribution < -0.4 is 16.0 Å². The Hall–Kier alpha value is -3.07. The van der Waals surface area contributed by atoms with Gasteiger partial charge in [0.05, 0.1) is 5.69 Å². The molecule has 9 nitrogen and oxygen atoms in total. The van der Waals surface area contributed by atoms with E-state index in [9.17, 15) is 0 Å². The van der Waals surface area contributed by atoms with Gasteiger partial charge in [0.15, 0.2) is 5.75 Å². The Morgan fingerprint density at radius 2 is 2.14 bits per heavy atom. The monoisotopic (exact) mass is 284 g/mol. The van der Waals surface area contributed by atoms with Crippen LogP contribution in [-0.2, 0) is 0 Å². The van der Waals surface area contributed by atoms with Crippen LogP contribution in [0.1, 0.15) is 5.69 Å². The Morgan fingerprint density at radius 1 is 1.24 bits per heavy atom. The number of aryl methyl sites for hydroxylation is 1. The molecule has 0 aliphatic rings. The van der Waals surface area contributed by atoms with E-state index in [-0.39, 0.29) is 12.0 Å². The summed E-state index contributed by atoms with van der Waals surface area (Å²) in [5.74, 6) is 6.45. The van der Waals surface area contributed by atoms with Gasteiger partial charge >= 0.3 is 6.01 Å². The second-order valence-electron chi connectivity index (χ2n) is 4.04. The van der Waals surface area contributed by atoms with Crippen LogP contribution in [0.4, 0.5) is 5.95 Å². The van der Waals surface area contributed by atoms with Crippen molar-refractivity contribution in [3.05, 3.63) is 42.7 Å².